The molecular weight excluding hydrogens is 489 g/mol. The fraction of sp³-hybridized carbons (Fsp3) is 0.0435. The summed E-state index contributed by atoms with van der Waals surface area (Å²) >= 11 is 16.0. The third-order valence-electron chi connectivity index (χ3n) is 4.22. The number of carboxylic acid groups (broad SMARTS) is 1. The molecule has 3 aromatic carbocycles. The van der Waals surface area contributed by atoms with E-state index in [0.29, 0.717) is 37.0 Å². The maximum atomic E-state index is 11.0. The molecule has 0 radical (unpaired) electrons. The predicted molar refractivity (Wildman–Crippen MR) is 122 cm³/mol. The average molecular weight is 503 g/mol. The Kier molecular flexibility index (Phi) is 7.17. The first-order valence-corrected chi connectivity index (χ1v) is 10.2. The maximum absolute atomic E-state index is 11.0. The van der Waals surface area contributed by atoms with Crippen LogP contribution < -0.4 is 4.74 Å². The average Bonchev–Trinajstić information content (AvgIpc) is 2.72. The van der Waals surface area contributed by atoms with Crippen LogP contribution in [0.15, 0.2) is 65.1 Å². The summed E-state index contributed by atoms with van der Waals surface area (Å²) in [6.45, 7) is 0.256. The van der Waals surface area contributed by atoms with Crippen molar-refractivity contribution >= 4 is 56.8 Å². The van der Waals surface area contributed by atoms with Gasteiger partial charge in [0.2, 0.25) is 0 Å². The van der Waals surface area contributed by atoms with Crippen LogP contribution in [0, 0.1) is 11.3 Å². The number of halogens is 3. The number of hydrogen-bond donors (Lipinski definition) is 1. The highest BCUT2D eigenvalue weighted by Gasteiger charge is 2.11. The van der Waals surface area contributed by atoms with E-state index in [9.17, 15) is 10.1 Å². The summed E-state index contributed by atoms with van der Waals surface area (Å²) in [4.78, 5) is 11.0. The lowest BCUT2D eigenvalue weighted by Crippen LogP contribution is -1.98. The molecule has 0 heterocycles. The Morgan fingerprint density at radius 3 is 2.33 bits per heavy atom. The molecule has 7 heteroatoms. The first-order valence-electron chi connectivity index (χ1n) is 8.70. The zero-order valence-electron chi connectivity index (χ0n) is 15.4. The Labute approximate surface area is 192 Å². The molecule has 30 heavy (non-hydrogen) atoms. The van der Waals surface area contributed by atoms with Crippen molar-refractivity contribution in [2.75, 3.05) is 0 Å². The fourth-order valence-electron chi connectivity index (χ4n) is 2.71. The summed E-state index contributed by atoms with van der Waals surface area (Å²) in [5.74, 6) is -0.551. The van der Waals surface area contributed by atoms with Gasteiger partial charge in [0, 0.05) is 10.6 Å². The number of nitriles is 1. The van der Waals surface area contributed by atoms with Gasteiger partial charge in [-0.1, -0.05) is 53.5 Å². The van der Waals surface area contributed by atoms with Gasteiger partial charge >= 0.3 is 5.97 Å². The van der Waals surface area contributed by atoms with E-state index in [-0.39, 0.29) is 12.2 Å². The number of ether oxygens (including phenoxy) is 1. The van der Waals surface area contributed by atoms with Crippen LogP contribution >= 0.6 is 39.1 Å². The number of aromatic carboxylic acids is 1. The Bertz CT molecular complexity index is 1140. The van der Waals surface area contributed by atoms with Gasteiger partial charge in [0.25, 0.3) is 0 Å². The van der Waals surface area contributed by atoms with Crippen LogP contribution in [-0.2, 0) is 6.61 Å². The summed E-state index contributed by atoms with van der Waals surface area (Å²) in [5, 5.41) is 19.5. The van der Waals surface area contributed by atoms with E-state index in [0.717, 1.165) is 5.56 Å². The van der Waals surface area contributed by atoms with Gasteiger partial charge < -0.3 is 9.84 Å². The highest BCUT2D eigenvalue weighted by molar-refractivity contribution is 9.10. The van der Waals surface area contributed by atoms with Crippen molar-refractivity contribution < 1.29 is 14.6 Å². The predicted octanol–water partition coefficient (Wildman–Crippen LogP) is 7.10. The van der Waals surface area contributed by atoms with Crippen molar-refractivity contribution in [1.82, 2.24) is 0 Å². The number of carbonyl (C=O) groups is 1. The molecule has 0 saturated heterocycles. The second-order valence-corrected chi connectivity index (χ2v) is 7.91. The van der Waals surface area contributed by atoms with Crippen LogP contribution in [-0.4, -0.2) is 11.1 Å². The summed E-state index contributed by atoms with van der Waals surface area (Å²) in [7, 11) is 0. The zero-order chi connectivity index (χ0) is 21.7. The fourth-order valence-corrected chi connectivity index (χ4v) is 3.88. The Morgan fingerprint density at radius 2 is 1.73 bits per heavy atom. The Hall–Kier alpha value is -2.78. The van der Waals surface area contributed by atoms with Crippen molar-refractivity contribution in [1.29, 1.82) is 5.26 Å². The van der Waals surface area contributed by atoms with Gasteiger partial charge in [0.1, 0.15) is 6.61 Å². The number of hydrogen-bond acceptors (Lipinski definition) is 3. The van der Waals surface area contributed by atoms with Gasteiger partial charge in [-0.3, -0.25) is 0 Å². The molecule has 0 unspecified atom stereocenters. The number of benzene rings is 3. The van der Waals surface area contributed by atoms with E-state index in [1.807, 2.05) is 18.2 Å². The van der Waals surface area contributed by atoms with E-state index in [2.05, 4.69) is 22.0 Å². The van der Waals surface area contributed by atoms with E-state index >= 15 is 0 Å². The monoisotopic (exact) mass is 501 g/mol. The van der Waals surface area contributed by atoms with Crippen molar-refractivity contribution in [3.05, 3.63) is 97.4 Å². The minimum absolute atomic E-state index is 0.154. The molecule has 0 aliphatic heterocycles. The summed E-state index contributed by atoms with van der Waals surface area (Å²) in [5.41, 5.74) is 2.66. The Morgan fingerprint density at radius 1 is 1.07 bits per heavy atom. The van der Waals surface area contributed by atoms with Crippen LogP contribution in [0.5, 0.6) is 5.75 Å². The molecule has 1 N–H and O–H groups in total. The van der Waals surface area contributed by atoms with Crippen LogP contribution in [0.4, 0.5) is 0 Å². The van der Waals surface area contributed by atoms with Crippen LogP contribution in [0.25, 0.3) is 11.6 Å². The molecule has 3 rings (SSSR count). The molecule has 0 saturated carbocycles. The molecule has 0 bridgehead atoms. The molecule has 0 spiro atoms. The van der Waals surface area contributed by atoms with Crippen molar-refractivity contribution in [3.63, 3.8) is 0 Å². The Balaban J connectivity index is 1.85. The van der Waals surface area contributed by atoms with Crippen molar-refractivity contribution in [2.24, 2.45) is 0 Å². The molecule has 3 aromatic rings. The number of allylic oxidation sites excluding steroid dienone is 1. The van der Waals surface area contributed by atoms with Crippen molar-refractivity contribution in [3.8, 4) is 11.8 Å². The van der Waals surface area contributed by atoms with Gasteiger partial charge in [0.05, 0.1) is 26.7 Å². The second-order valence-electron chi connectivity index (χ2n) is 6.25. The minimum atomic E-state index is -1.02. The number of nitrogens with zero attached hydrogens (tertiary/aromatic N) is 1. The molecule has 150 valence electrons. The van der Waals surface area contributed by atoms with E-state index < -0.39 is 5.97 Å². The van der Waals surface area contributed by atoms with Gasteiger partial charge in [-0.05, 0) is 63.5 Å². The smallest absolute Gasteiger partial charge is 0.335 e. The highest BCUT2D eigenvalue weighted by Crippen LogP contribution is 2.36. The molecule has 0 aromatic heterocycles. The first kappa shape index (κ1) is 21.9. The lowest BCUT2D eigenvalue weighted by molar-refractivity contribution is 0.0697. The van der Waals surface area contributed by atoms with E-state index in [1.54, 1.807) is 36.4 Å². The third-order valence-corrected chi connectivity index (χ3v) is 5.46. The third kappa shape index (κ3) is 5.22. The largest absolute Gasteiger partial charge is 0.486 e. The summed E-state index contributed by atoms with van der Waals surface area (Å²) < 4.78 is 6.47. The lowest BCUT2D eigenvalue weighted by atomic mass is 10.0. The zero-order valence-corrected chi connectivity index (χ0v) is 18.5. The van der Waals surface area contributed by atoms with E-state index in [4.69, 9.17) is 33.0 Å². The van der Waals surface area contributed by atoms with Crippen molar-refractivity contribution in [2.45, 2.75) is 6.61 Å². The minimum Gasteiger partial charge on any atom is -0.486 e. The first-order chi connectivity index (χ1) is 14.4. The number of rotatable bonds is 6. The topological polar surface area (TPSA) is 70.3 Å². The maximum Gasteiger partial charge on any atom is 0.335 e. The van der Waals surface area contributed by atoms with Gasteiger partial charge in [0.15, 0.2) is 5.75 Å². The normalized spacial score (nSPS) is 11.1. The molecule has 0 aliphatic rings. The van der Waals surface area contributed by atoms with E-state index in [1.165, 1.54) is 12.1 Å². The molecule has 0 fully saturated rings. The van der Waals surface area contributed by atoms with Gasteiger partial charge in [-0.2, -0.15) is 5.26 Å². The standard InChI is InChI=1S/C23H14BrCl2NO3/c24-19-10-14(9-18(12-27)15-5-7-16(8-6-15)23(28)29)11-21(26)22(19)30-13-17-3-1-2-4-20(17)25/h1-11H,13H2,(H,28,29)/b18-9-. The summed E-state index contributed by atoms with van der Waals surface area (Å²) in [6.07, 6.45) is 1.67. The molecule has 4 nitrogen and oxygen atoms in total. The SMILES string of the molecule is N#C/C(=C/c1cc(Cl)c(OCc2ccccc2Cl)c(Br)c1)c1ccc(C(=O)O)cc1. The lowest BCUT2D eigenvalue weighted by Gasteiger charge is -2.12. The highest BCUT2D eigenvalue weighted by atomic mass is 79.9. The molecular formula is C23H14BrCl2NO3. The van der Waals surface area contributed by atoms with Crippen LogP contribution in [0.1, 0.15) is 27.0 Å². The quantitative estimate of drug-likeness (QED) is 0.288. The van der Waals surface area contributed by atoms with Gasteiger partial charge in [-0.15, -0.1) is 0 Å². The van der Waals surface area contributed by atoms with Crippen LogP contribution in [0.3, 0.4) is 0 Å². The summed E-state index contributed by atoms with van der Waals surface area (Å²) in [6, 6.07) is 19.1. The second kappa shape index (κ2) is 9.82. The number of carboxylic acids is 1. The van der Waals surface area contributed by atoms with Gasteiger partial charge in [-0.25, -0.2) is 4.79 Å². The van der Waals surface area contributed by atoms with Crippen LogP contribution in [0.2, 0.25) is 10.0 Å². The molecule has 0 amide bonds. The molecule has 0 aliphatic carbocycles. The molecule has 0 atom stereocenters.